The summed E-state index contributed by atoms with van der Waals surface area (Å²) in [6, 6.07) is 17.5. The van der Waals surface area contributed by atoms with Crippen LogP contribution in [0.15, 0.2) is 79.8 Å². The van der Waals surface area contributed by atoms with Crippen molar-refractivity contribution in [3.05, 3.63) is 108 Å². The Labute approximate surface area is 252 Å². The van der Waals surface area contributed by atoms with Gasteiger partial charge in [-0.15, -0.1) is 0 Å². The molecule has 0 saturated heterocycles. The van der Waals surface area contributed by atoms with E-state index < -0.39 is 22.2 Å². The third-order valence-electron chi connectivity index (χ3n) is 8.52. The van der Waals surface area contributed by atoms with E-state index in [-0.39, 0.29) is 27.0 Å². The van der Waals surface area contributed by atoms with E-state index in [0.717, 1.165) is 28.4 Å². The molecule has 0 N–H and O–H groups in total. The molecule has 0 aliphatic carbocycles. The largest absolute Gasteiger partial charge is 0.457 e. The normalized spacial score (nSPS) is 12.7. The van der Waals surface area contributed by atoms with Gasteiger partial charge in [-0.05, 0) is 72.4 Å². The summed E-state index contributed by atoms with van der Waals surface area (Å²) in [5, 5.41) is 0.501. The summed E-state index contributed by atoms with van der Waals surface area (Å²) in [7, 11) is 1.37. The molecule has 1 unspecified atom stereocenters. The summed E-state index contributed by atoms with van der Waals surface area (Å²) < 4.78 is 8.02. The highest BCUT2D eigenvalue weighted by molar-refractivity contribution is 5.98. The molecular formula is C36H42N2O5. The fourth-order valence-corrected chi connectivity index (χ4v) is 5.63. The third kappa shape index (κ3) is 6.26. The second kappa shape index (κ2) is 13.4. The Balaban J connectivity index is 0.000000641. The highest BCUT2D eigenvalue weighted by atomic mass is 16.5. The Kier molecular flexibility index (Phi) is 9.84. The van der Waals surface area contributed by atoms with Crippen molar-refractivity contribution in [1.29, 1.82) is 0 Å². The molecule has 0 spiro atoms. The molecule has 2 aromatic heterocycles. The molecule has 0 radical (unpaired) electrons. The van der Waals surface area contributed by atoms with E-state index >= 15 is 0 Å². The van der Waals surface area contributed by atoms with E-state index in [9.17, 15) is 19.2 Å². The first-order chi connectivity index (χ1) is 20.6. The first kappa shape index (κ1) is 31.7. The summed E-state index contributed by atoms with van der Waals surface area (Å²) in [6.45, 7) is 11.2. The molecule has 1 atom stereocenters. The highest BCUT2D eigenvalue weighted by Gasteiger charge is 2.23. The van der Waals surface area contributed by atoms with E-state index in [0.29, 0.717) is 17.2 Å². The van der Waals surface area contributed by atoms with Gasteiger partial charge in [0.15, 0.2) is 0 Å². The van der Waals surface area contributed by atoms with Crippen LogP contribution in [0.2, 0.25) is 0 Å². The van der Waals surface area contributed by atoms with Gasteiger partial charge < -0.3 is 4.74 Å². The van der Waals surface area contributed by atoms with Crippen LogP contribution in [-0.4, -0.2) is 9.13 Å². The van der Waals surface area contributed by atoms with Gasteiger partial charge in [0.2, 0.25) is 0 Å². The van der Waals surface area contributed by atoms with Crippen LogP contribution in [0.5, 0.6) is 11.5 Å². The fourth-order valence-electron chi connectivity index (χ4n) is 5.63. The van der Waals surface area contributed by atoms with E-state index in [1.807, 2.05) is 12.1 Å². The molecule has 0 aliphatic heterocycles. The van der Waals surface area contributed by atoms with Crippen molar-refractivity contribution in [2.24, 2.45) is 7.05 Å². The molecule has 0 aliphatic rings. The van der Waals surface area contributed by atoms with Gasteiger partial charge in [-0.25, -0.2) is 4.57 Å². The minimum Gasteiger partial charge on any atom is -0.457 e. The van der Waals surface area contributed by atoms with Gasteiger partial charge in [0.25, 0.3) is 22.2 Å². The zero-order valence-corrected chi connectivity index (χ0v) is 26.2. The lowest BCUT2D eigenvalue weighted by Gasteiger charge is -2.28. The van der Waals surface area contributed by atoms with Crippen molar-refractivity contribution in [1.82, 2.24) is 9.13 Å². The molecular weight excluding hydrogens is 540 g/mol. The van der Waals surface area contributed by atoms with Crippen LogP contribution in [0.1, 0.15) is 85.1 Å². The van der Waals surface area contributed by atoms with E-state index in [1.54, 1.807) is 24.3 Å². The number of hydrogen-bond donors (Lipinski definition) is 0. The first-order valence-corrected chi connectivity index (χ1v) is 15.4. The zero-order valence-electron chi connectivity index (χ0n) is 26.2. The smallest absolute Gasteiger partial charge is 0.266 e. The van der Waals surface area contributed by atoms with E-state index in [2.05, 4.69) is 46.8 Å². The average molecular weight is 583 g/mol. The Morgan fingerprint density at radius 2 is 1.07 bits per heavy atom. The van der Waals surface area contributed by atoms with Crippen molar-refractivity contribution >= 4 is 21.5 Å². The van der Waals surface area contributed by atoms with Crippen molar-refractivity contribution < 1.29 is 4.74 Å². The average Bonchev–Trinajstić information content (AvgIpc) is 3.39. The molecule has 5 rings (SSSR count). The number of nitrogens with zero attached hydrogens (tertiary/aromatic N) is 2. The number of ether oxygens (including phenoxy) is 1. The first-order valence-electron chi connectivity index (χ1n) is 15.4. The van der Waals surface area contributed by atoms with Crippen molar-refractivity contribution in [3.63, 3.8) is 0 Å². The SMILES string of the molecule is CCCC(C)(CC)c1ccc(Oc2ccc(-n3c(=O)c4cc5c(=O)n(C)c(=O)c5cc4c3=O)cc2)cc1.CCCCCC. The Morgan fingerprint density at radius 3 is 1.49 bits per heavy atom. The lowest BCUT2D eigenvalue weighted by atomic mass is 9.76. The number of aromatic nitrogens is 2. The van der Waals surface area contributed by atoms with Crippen LogP contribution in [0.4, 0.5) is 0 Å². The minimum atomic E-state index is -0.534. The van der Waals surface area contributed by atoms with Crippen molar-refractivity contribution in [2.45, 2.75) is 85.0 Å². The minimum absolute atomic E-state index is 0.114. The zero-order chi connectivity index (χ0) is 31.3. The topological polar surface area (TPSA) is 87.4 Å². The highest BCUT2D eigenvalue weighted by Crippen LogP contribution is 2.34. The quantitative estimate of drug-likeness (QED) is 0.161. The van der Waals surface area contributed by atoms with Crippen LogP contribution in [0.3, 0.4) is 0 Å². The molecule has 7 heteroatoms. The molecule has 226 valence electrons. The number of rotatable bonds is 10. The molecule has 0 saturated carbocycles. The summed E-state index contributed by atoms with van der Waals surface area (Å²) in [4.78, 5) is 50.9. The molecule has 43 heavy (non-hydrogen) atoms. The number of unbranched alkanes of at least 4 members (excludes halogenated alkanes) is 3. The standard InChI is InChI=1S/C30H28N2O5.C6H14/c1-5-15-30(3,6-2)18-7-11-20(12-8-18)37-21-13-9-19(10-14-21)32-28(35)24-16-22-23(17-25(24)29(32)36)27(34)31(4)26(22)33;1-3-5-6-4-2/h7-14,16-17H,5-6,15H2,1-4H3;3-6H2,1-2H3. The summed E-state index contributed by atoms with van der Waals surface area (Å²) in [5.41, 5.74) is -0.242. The third-order valence-corrected chi connectivity index (χ3v) is 8.52. The van der Waals surface area contributed by atoms with E-state index in [1.165, 1.54) is 50.4 Å². The maximum absolute atomic E-state index is 13.1. The molecule has 7 nitrogen and oxygen atoms in total. The molecule has 0 bridgehead atoms. The second-order valence-electron chi connectivity index (χ2n) is 11.6. The second-order valence-corrected chi connectivity index (χ2v) is 11.6. The fraction of sp³-hybridized carbons (Fsp3) is 0.389. The summed E-state index contributed by atoms with van der Waals surface area (Å²) in [6.07, 6.45) is 8.84. The monoisotopic (exact) mass is 582 g/mol. The lowest BCUT2D eigenvalue weighted by Crippen LogP contribution is -2.23. The lowest BCUT2D eigenvalue weighted by molar-refractivity contribution is 0.412. The number of fused-ring (bicyclic) bond motifs is 2. The van der Waals surface area contributed by atoms with Gasteiger partial charge in [0.1, 0.15) is 11.5 Å². The van der Waals surface area contributed by atoms with Gasteiger partial charge in [-0.1, -0.05) is 78.9 Å². The van der Waals surface area contributed by atoms with Crippen LogP contribution in [-0.2, 0) is 12.5 Å². The van der Waals surface area contributed by atoms with Crippen molar-refractivity contribution in [3.8, 4) is 17.2 Å². The molecule has 5 aromatic rings. The Hall–Kier alpha value is -4.26. The van der Waals surface area contributed by atoms with E-state index in [4.69, 9.17) is 4.74 Å². The maximum atomic E-state index is 13.1. The number of benzene rings is 3. The molecule has 0 fully saturated rings. The maximum Gasteiger partial charge on any atom is 0.266 e. The van der Waals surface area contributed by atoms with Gasteiger partial charge in [-0.2, -0.15) is 0 Å². The summed E-state index contributed by atoms with van der Waals surface area (Å²) in [5.74, 6) is 1.26. The Bertz CT molecular complexity index is 1820. The van der Waals surface area contributed by atoms with Crippen LogP contribution in [0, 0.1) is 0 Å². The predicted molar refractivity (Wildman–Crippen MR) is 176 cm³/mol. The number of hydrogen-bond acceptors (Lipinski definition) is 5. The van der Waals surface area contributed by atoms with Gasteiger partial charge in [-0.3, -0.25) is 23.7 Å². The van der Waals surface area contributed by atoms with Gasteiger partial charge in [0.05, 0.1) is 27.2 Å². The summed E-state index contributed by atoms with van der Waals surface area (Å²) >= 11 is 0. The van der Waals surface area contributed by atoms with Crippen molar-refractivity contribution in [2.75, 3.05) is 0 Å². The molecule has 0 amide bonds. The Morgan fingerprint density at radius 1 is 0.628 bits per heavy atom. The predicted octanol–water partition coefficient (Wildman–Crippen LogP) is 7.29. The molecule has 2 heterocycles. The van der Waals surface area contributed by atoms with Crippen LogP contribution >= 0.6 is 0 Å². The van der Waals surface area contributed by atoms with Crippen LogP contribution < -0.4 is 27.0 Å². The molecule has 3 aromatic carbocycles. The van der Waals surface area contributed by atoms with Crippen LogP contribution in [0.25, 0.3) is 27.2 Å². The van der Waals surface area contributed by atoms with Gasteiger partial charge >= 0.3 is 0 Å². The van der Waals surface area contributed by atoms with Gasteiger partial charge in [0, 0.05) is 7.05 Å².